The second kappa shape index (κ2) is 5.21. The molecule has 0 saturated heterocycles. The minimum Gasteiger partial charge on any atom is -0.497 e. The third-order valence-corrected chi connectivity index (χ3v) is 2.32. The van der Waals surface area contributed by atoms with Crippen LogP contribution in [0, 0.1) is 0 Å². The van der Waals surface area contributed by atoms with Gasteiger partial charge >= 0.3 is 0 Å². The van der Waals surface area contributed by atoms with Crippen molar-refractivity contribution in [2.75, 3.05) is 12.8 Å². The zero-order valence-corrected chi connectivity index (χ0v) is 10.2. The van der Waals surface area contributed by atoms with Crippen LogP contribution in [0.15, 0.2) is 30.3 Å². The maximum Gasteiger partial charge on any atom is 0.269 e. The average Bonchev–Trinajstić information content (AvgIpc) is 2.41. The van der Waals surface area contributed by atoms with Gasteiger partial charge in [0.15, 0.2) is 11.4 Å². The van der Waals surface area contributed by atoms with Crippen molar-refractivity contribution >= 4 is 11.6 Å². The van der Waals surface area contributed by atoms with Crippen LogP contribution in [0.3, 0.4) is 0 Å². The van der Waals surface area contributed by atoms with Gasteiger partial charge < -0.3 is 20.9 Å². The standard InChI is InChI=1S/C12H12N4O3/c1-18-7-2-4-10(8(13)6-7)19-11-5-3-9(12(14)17)15-16-11/h2-6H,13H2,1H3,(H2,14,17). The van der Waals surface area contributed by atoms with Crippen LogP contribution in [0.5, 0.6) is 17.4 Å². The minimum atomic E-state index is -0.650. The van der Waals surface area contributed by atoms with E-state index in [2.05, 4.69) is 10.2 Å². The first-order valence-electron chi connectivity index (χ1n) is 5.35. The van der Waals surface area contributed by atoms with Crippen molar-refractivity contribution < 1.29 is 14.3 Å². The molecule has 0 unspecified atom stereocenters. The fourth-order valence-electron chi connectivity index (χ4n) is 1.37. The third-order valence-electron chi connectivity index (χ3n) is 2.32. The first-order valence-corrected chi connectivity index (χ1v) is 5.35. The number of benzene rings is 1. The van der Waals surface area contributed by atoms with E-state index in [1.807, 2.05) is 0 Å². The molecule has 0 aliphatic rings. The molecule has 1 heterocycles. The molecule has 98 valence electrons. The van der Waals surface area contributed by atoms with Crippen molar-refractivity contribution in [3.8, 4) is 17.4 Å². The van der Waals surface area contributed by atoms with E-state index in [-0.39, 0.29) is 11.6 Å². The highest BCUT2D eigenvalue weighted by molar-refractivity contribution is 5.90. The minimum absolute atomic E-state index is 0.0649. The molecule has 0 fully saturated rings. The summed E-state index contributed by atoms with van der Waals surface area (Å²) in [6.45, 7) is 0. The number of nitrogen functional groups attached to an aromatic ring is 1. The zero-order valence-electron chi connectivity index (χ0n) is 10.2. The highest BCUT2D eigenvalue weighted by Crippen LogP contribution is 2.29. The molecule has 0 aliphatic heterocycles. The van der Waals surface area contributed by atoms with Crippen LogP contribution in [0.4, 0.5) is 5.69 Å². The van der Waals surface area contributed by atoms with Crippen LogP contribution < -0.4 is 20.9 Å². The van der Waals surface area contributed by atoms with Gasteiger partial charge in [0.1, 0.15) is 5.75 Å². The monoisotopic (exact) mass is 260 g/mol. The predicted molar refractivity (Wildman–Crippen MR) is 68.0 cm³/mol. The molecule has 2 aromatic rings. The number of carbonyl (C=O) groups is 1. The summed E-state index contributed by atoms with van der Waals surface area (Å²) < 4.78 is 10.5. The molecular formula is C12H12N4O3. The second-order valence-corrected chi connectivity index (χ2v) is 3.63. The molecule has 19 heavy (non-hydrogen) atoms. The Morgan fingerprint density at radius 1 is 1.21 bits per heavy atom. The van der Waals surface area contributed by atoms with Gasteiger partial charge in [0.05, 0.1) is 12.8 Å². The van der Waals surface area contributed by atoms with E-state index in [0.717, 1.165) is 0 Å². The number of nitrogens with zero attached hydrogens (tertiary/aromatic N) is 2. The van der Waals surface area contributed by atoms with Crippen molar-refractivity contribution in [1.29, 1.82) is 0 Å². The van der Waals surface area contributed by atoms with E-state index in [0.29, 0.717) is 17.2 Å². The van der Waals surface area contributed by atoms with Crippen LogP contribution in [0.1, 0.15) is 10.5 Å². The molecule has 7 heteroatoms. The normalized spacial score (nSPS) is 9.95. The highest BCUT2D eigenvalue weighted by Gasteiger charge is 2.07. The van der Waals surface area contributed by atoms with Gasteiger partial charge in [-0.25, -0.2) is 0 Å². The summed E-state index contributed by atoms with van der Waals surface area (Å²) in [5.41, 5.74) is 11.3. The summed E-state index contributed by atoms with van der Waals surface area (Å²) in [6, 6.07) is 7.89. The molecule has 0 radical (unpaired) electrons. The summed E-state index contributed by atoms with van der Waals surface area (Å²) in [5, 5.41) is 7.34. The number of nitrogens with two attached hydrogens (primary N) is 2. The molecule has 0 saturated carbocycles. The third kappa shape index (κ3) is 2.89. The summed E-state index contributed by atoms with van der Waals surface area (Å²) in [6.07, 6.45) is 0. The lowest BCUT2D eigenvalue weighted by Gasteiger charge is -2.08. The van der Waals surface area contributed by atoms with Gasteiger partial charge in [-0.05, 0) is 18.2 Å². The van der Waals surface area contributed by atoms with Crippen molar-refractivity contribution in [2.45, 2.75) is 0 Å². The van der Waals surface area contributed by atoms with Gasteiger partial charge in [-0.2, -0.15) is 0 Å². The Kier molecular flexibility index (Phi) is 3.46. The summed E-state index contributed by atoms with van der Waals surface area (Å²) >= 11 is 0. The Morgan fingerprint density at radius 3 is 2.53 bits per heavy atom. The Bertz CT molecular complexity index is 598. The van der Waals surface area contributed by atoms with Gasteiger partial charge in [-0.15, -0.1) is 10.2 Å². The molecule has 0 bridgehead atoms. The number of carbonyl (C=O) groups excluding carboxylic acids is 1. The number of rotatable bonds is 4. The first kappa shape index (κ1) is 12.6. The molecule has 4 N–H and O–H groups in total. The van der Waals surface area contributed by atoms with Gasteiger partial charge in [0, 0.05) is 12.1 Å². The molecule has 1 aromatic carbocycles. The maximum atomic E-state index is 10.8. The van der Waals surface area contributed by atoms with Gasteiger partial charge in [0.2, 0.25) is 5.88 Å². The van der Waals surface area contributed by atoms with Crippen molar-refractivity contribution in [3.63, 3.8) is 0 Å². The quantitative estimate of drug-likeness (QED) is 0.791. The van der Waals surface area contributed by atoms with Crippen LogP contribution in [0.2, 0.25) is 0 Å². The Balaban J connectivity index is 2.19. The SMILES string of the molecule is COc1ccc(Oc2ccc(C(N)=O)nn2)c(N)c1. The van der Waals surface area contributed by atoms with Crippen LogP contribution in [-0.4, -0.2) is 23.2 Å². The lowest BCUT2D eigenvalue weighted by molar-refractivity contribution is 0.0994. The van der Waals surface area contributed by atoms with E-state index in [1.165, 1.54) is 12.1 Å². The first-order chi connectivity index (χ1) is 9.10. The highest BCUT2D eigenvalue weighted by atomic mass is 16.5. The summed E-state index contributed by atoms with van der Waals surface area (Å²) in [5.74, 6) is 0.604. The number of primary amides is 1. The number of anilines is 1. The zero-order chi connectivity index (χ0) is 13.8. The van der Waals surface area contributed by atoms with Crippen molar-refractivity contribution in [1.82, 2.24) is 10.2 Å². The average molecular weight is 260 g/mol. The molecule has 7 nitrogen and oxygen atoms in total. The molecule has 2 rings (SSSR count). The fourth-order valence-corrected chi connectivity index (χ4v) is 1.37. The molecular weight excluding hydrogens is 248 g/mol. The number of hydrogen-bond acceptors (Lipinski definition) is 6. The molecule has 0 atom stereocenters. The second-order valence-electron chi connectivity index (χ2n) is 3.63. The predicted octanol–water partition coefficient (Wildman–Crippen LogP) is 0.959. The van der Waals surface area contributed by atoms with Crippen molar-refractivity contribution in [2.24, 2.45) is 5.73 Å². The maximum absolute atomic E-state index is 10.8. The smallest absolute Gasteiger partial charge is 0.269 e. The summed E-state index contributed by atoms with van der Waals surface area (Å²) in [7, 11) is 1.54. The number of amides is 1. The largest absolute Gasteiger partial charge is 0.497 e. The Hall–Kier alpha value is -2.83. The molecule has 0 spiro atoms. The van der Waals surface area contributed by atoms with Gasteiger partial charge in [0.25, 0.3) is 5.91 Å². The van der Waals surface area contributed by atoms with Gasteiger partial charge in [-0.3, -0.25) is 4.79 Å². The van der Waals surface area contributed by atoms with E-state index < -0.39 is 5.91 Å². The molecule has 0 aliphatic carbocycles. The Labute approximate surface area is 109 Å². The van der Waals surface area contributed by atoms with E-state index in [9.17, 15) is 4.79 Å². The van der Waals surface area contributed by atoms with Crippen LogP contribution in [0.25, 0.3) is 0 Å². The summed E-state index contributed by atoms with van der Waals surface area (Å²) in [4.78, 5) is 10.8. The van der Waals surface area contributed by atoms with Crippen LogP contribution in [-0.2, 0) is 0 Å². The Morgan fingerprint density at radius 2 is 2.00 bits per heavy atom. The number of aromatic nitrogens is 2. The van der Waals surface area contributed by atoms with Gasteiger partial charge in [-0.1, -0.05) is 0 Å². The molecule has 1 aromatic heterocycles. The number of ether oxygens (including phenoxy) is 2. The van der Waals surface area contributed by atoms with Crippen LogP contribution >= 0.6 is 0 Å². The van der Waals surface area contributed by atoms with E-state index in [4.69, 9.17) is 20.9 Å². The van der Waals surface area contributed by atoms with E-state index in [1.54, 1.807) is 25.3 Å². The number of hydrogen-bond donors (Lipinski definition) is 2. The van der Waals surface area contributed by atoms with Crippen molar-refractivity contribution in [3.05, 3.63) is 36.0 Å². The number of methoxy groups -OCH3 is 1. The van der Waals surface area contributed by atoms with E-state index >= 15 is 0 Å². The lowest BCUT2D eigenvalue weighted by Crippen LogP contribution is -2.13. The topological polar surface area (TPSA) is 113 Å². The fraction of sp³-hybridized carbons (Fsp3) is 0.0833. The molecule has 1 amide bonds. The lowest BCUT2D eigenvalue weighted by atomic mass is 10.3.